The summed E-state index contributed by atoms with van der Waals surface area (Å²) in [6.07, 6.45) is -0.521. The van der Waals surface area contributed by atoms with Crippen molar-refractivity contribution in [3.05, 3.63) is 64.7 Å². The number of rotatable bonds is 4. The van der Waals surface area contributed by atoms with E-state index in [0.29, 0.717) is 21.9 Å². The van der Waals surface area contributed by atoms with Crippen LogP contribution in [0.25, 0.3) is 0 Å². The molecule has 0 unspecified atom stereocenters. The zero-order chi connectivity index (χ0) is 14.5. The fourth-order valence-corrected chi connectivity index (χ4v) is 1.81. The summed E-state index contributed by atoms with van der Waals surface area (Å²) in [7, 11) is 0. The van der Waals surface area contributed by atoms with Crippen LogP contribution in [0.1, 0.15) is 22.8 Å². The van der Waals surface area contributed by atoms with Crippen LogP contribution in [0.15, 0.2) is 48.5 Å². The number of nitriles is 1. The zero-order valence-corrected chi connectivity index (χ0v) is 11.6. The second-order valence-corrected chi connectivity index (χ2v) is 4.69. The fourth-order valence-electron chi connectivity index (χ4n) is 1.68. The molecular weight excluding hydrogens is 274 g/mol. The Bertz CT molecular complexity index is 642. The van der Waals surface area contributed by atoms with Crippen molar-refractivity contribution < 1.29 is 9.53 Å². The first-order chi connectivity index (χ1) is 9.60. The van der Waals surface area contributed by atoms with Gasteiger partial charge in [-0.15, -0.1) is 0 Å². The number of nitrogens with zero attached hydrogens (tertiary/aromatic N) is 1. The summed E-state index contributed by atoms with van der Waals surface area (Å²) in [5.74, 6) is 0.480. The van der Waals surface area contributed by atoms with Crippen LogP contribution < -0.4 is 4.74 Å². The highest BCUT2D eigenvalue weighted by atomic mass is 35.5. The molecule has 0 aliphatic rings. The molecule has 0 N–H and O–H groups in total. The van der Waals surface area contributed by atoms with Crippen molar-refractivity contribution in [3.8, 4) is 11.8 Å². The second-order valence-electron chi connectivity index (χ2n) is 4.25. The largest absolute Gasteiger partial charge is 0.476 e. The van der Waals surface area contributed by atoms with E-state index >= 15 is 0 Å². The molecular formula is C16H12ClNO2. The minimum atomic E-state index is -0.521. The second kappa shape index (κ2) is 6.23. The minimum Gasteiger partial charge on any atom is -0.476 e. The highest BCUT2D eigenvalue weighted by Crippen LogP contribution is 2.17. The van der Waals surface area contributed by atoms with Gasteiger partial charge in [0.25, 0.3) is 0 Å². The lowest BCUT2D eigenvalue weighted by Gasteiger charge is -2.08. The monoisotopic (exact) mass is 285 g/mol. The first kappa shape index (κ1) is 14.1. The number of ether oxygens (including phenoxy) is 1. The van der Waals surface area contributed by atoms with Crippen LogP contribution in [-0.4, -0.2) is 11.9 Å². The average molecular weight is 286 g/mol. The van der Waals surface area contributed by atoms with Gasteiger partial charge in [0.1, 0.15) is 11.8 Å². The summed E-state index contributed by atoms with van der Waals surface area (Å²) in [5, 5.41) is 9.26. The zero-order valence-electron chi connectivity index (χ0n) is 10.8. The van der Waals surface area contributed by atoms with Crippen molar-refractivity contribution in [1.82, 2.24) is 0 Å². The summed E-state index contributed by atoms with van der Waals surface area (Å²) in [6.45, 7) is 1.66. The first-order valence-electron chi connectivity index (χ1n) is 6.07. The van der Waals surface area contributed by atoms with Crippen LogP contribution in [0.2, 0.25) is 5.02 Å². The Hall–Kier alpha value is -2.31. The molecule has 0 aromatic heterocycles. The maximum Gasteiger partial charge on any atom is 0.193 e. The van der Waals surface area contributed by atoms with Gasteiger partial charge in [-0.05, 0) is 55.5 Å². The molecule has 2 rings (SSSR count). The van der Waals surface area contributed by atoms with Gasteiger partial charge in [0.2, 0.25) is 0 Å². The van der Waals surface area contributed by atoms with Crippen LogP contribution in [0.3, 0.4) is 0 Å². The number of carbonyl (C=O) groups is 1. The topological polar surface area (TPSA) is 50.1 Å². The molecule has 0 saturated carbocycles. The van der Waals surface area contributed by atoms with Gasteiger partial charge < -0.3 is 4.74 Å². The van der Waals surface area contributed by atoms with E-state index in [0.717, 1.165) is 0 Å². The Balaban J connectivity index is 2.15. The molecule has 0 heterocycles. The molecule has 4 heteroatoms. The van der Waals surface area contributed by atoms with Gasteiger partial charge >= 0.3 is 0 Å². The minimum absolute atomic E-state index is 0.0819. The third-order valence-electron chi connectivity index (χ3n) is 2.72. The quantitative estimate of drug-likeness (QED) is 0.802. The number of hydrogen-bond donors (Lipinski definition) is 0. The van der Waals surface area contributed by atoms with Crippen molar-refractivity contribution in [2.45, 2.75) is 13.0 Å². The van der Waals surface area contributed by atoms with Gasteiger partial charge in [-0.1, -0.05) is 11.6 Å². The summed E-state index contributed by atoms with van der Waals surface area (Å²) >= 11 is 5.79. The van der Waals surface area contributed by atoms with Crippen LogP contribution >= 0.6 is 11.6 Å². The van der Waals surface area contributed by atoms with Gasteiger partial charge in [0.05, 0.1) is 0 Å². The standard InChI is InChI=1S/C16H12ClNO2/c1-11(10-18)20-15-8-4-13(5-9-15)16(19)12-2-6-14(17)7-3-12/h2-9,11H,1H3/t11-/m1/s1. The predicted molar refractivity (Wildman–Crippen MR) is 77.0 cm³/mol. The van der Waals surface area contributed by atoms with Gasteiger partial charge in [0.15, 0.2) is 11.9 Å². The van der Waals surface area contributed by atoms with E-state index in [9.17, 15) is 4.79 Å². The Kier molecular flexibility index (Phi) is 4.39. The molecule has 0 spiro atoms. The fraction of sp³-hybridized carbons (Fsp3) is 0.125. The normalized spacial score (nSPS) is 11.4. The van der Waals surface area contributed by atoms with E-state index in [-0.39, 0.29) is 5.78 Å². The van der Waals surface area contributed by atoms with E-state index in [4.69, 9.17) is 21.6 Å². The number of ketones is 1. The molecule has 2 aromatic rings. The molecule has 2 aromatic carbocycles. The van der Waals surface area contributed by atoms with Crippen molar-refractivity contribution >= 4 is 17.4 Å². The van der Waals surface area contributed by atoms with Gasteiger partial charge in [-0.2, -0.15) is 5.26 Å². The third kappa shape index (κ3) is 3.37. The first-order valence-corrected chi connectivity index (χ1v) is 6.44. The van der Waals surface area contributed by atoms with Gasteiger partial charge in [0, 0.05) is 16.1 Å². The molecule has 100 valence electrons. The Morgan fingerprint density at radius 2 is 1.60 bits per heavy atom. The van der Waals surface area contributed by atoms with E-state index < -0.39 is 6.10 Å². The summed E-state index contributed by atoms with van der Waals surface area (Å²) in [4.78, 5) is 12.2. The Morgan fingerprint density at radius 1 is 1.10 bits per heavy atom. The van der Waals surface area contributed by atoms with Crippen molar-refractivity contribution in [3.63, 3.8) is 0 Å². The molecule has 0 saturated heterocycles. The van der Waals surface area contributed by atoms with E-state index in [1.54, 1.807) is 55.5 Å². The molecule has 0 amide bonds. The number of carbonyl (C=O) groups excluding carboxylic acids is 1. The molecule has 20 heavy (non-hydrogen) atoms. The van der Waals surface area contributed by atoms with Crippen LogP contribution in [0.4, 0.5) is 0 Å². The Labute approximate surface area is 122 Å². The van der Waals surface area contributed by atoms with E-state index in [1.165, 1.54) is 0 Å². The molecule has 1 atom stereocenters. The van der Waals surface area contributed by atoms with Crippen LogP contribution in [0, 0.1) is 11.3 Å². The molecule has 0 fully saturated rings. The van der Waals surface area contributed by atoms with Crippen molar-refractivity contribution in [2.24, 2.45) is 0 Å². The van der Waals surface area contributed by atoms with Crippen LogP contribution in [0.5, 0.6) is 5.75 Å². The predicted octanol–water partition coefficient (Wildman–Crippen LogP) is 3.86. The number of benzene rings is 2. The Morgan fingerprint density at radius 3 is 2.10 bits per heavy atom. The number of halogens is 1. The lowest BCUT2D eigenvalue weighted by Crippen LogP contribution is -2.08. The lowest BCUT2D eigenvalue weighted by atomic mass is 10.0. The van der Waals surface area contributed by atoms with Gasteiger partial charge in [-0.25, -0.2) is 0 Å². The molecule has 3 nitrogen and oxygen atoms in total. The maximum absolute atomic E-state index is 12.2. The summed E-state index contributed by atoms with van der Waals surface area (Å²) < 4.78 is 5.33. The highest BCUT2D eigenvalue weighted by molar-refractivity contribution is 6.30. The van der Waals surface area contributed by atoms with Crippen LogP contribution in [-0.2, 0) is 0 Å². The lowest BCUT2D eigenvalue weighted by molar-refractivity contribution is 0.103. The highest BCUT2D eigenvalue weighted by Gasteiger charge is 2.09. The molecule has 0 radical (unpaired) electrons. The smallest absolute Gasteiger partial charge is 0.193 e. The molecule has 0 aliphatic heterocycles. The van der Waals surface area contributed by atoms with E-state index in [2.05, 4.69) is 0 Å². The summed E-state index contributed by atoms with van der Waals surface area (Å²) in [6, 6.07) is 15.4. The maximum atomic E-state index is 12.2. The molecule has 0 bridgehead atoms. The SMILES string of the molecule is C[C@H](C#N)Oc1ccc(C(=O)c2ccc(Cl)cc2)cc1. The molecule has 0 aliphatic carbocycles. The van der Waals surface area contributed by atoms with Crippen molar-refractivity contribution in [1.29, 1.82) is 5.26 Å². The van der Waals surface area contributed by atoms with E-state index in [1.807, 2.05) is 6.07 Å². The van der Waals surface area contributed by atoms with Crippen molar-refractivity contribution in [2.75, 3.05) is 0 Å². The average Bonchev–Trinajstić information content (AvgIpc) is 2.48. The third-order valence-corrected chi connectivity index (χ3v) is 2.97. The number of hydrogen-bond acceptors (Lipinski definition) is 3. The van der Waals surface area contributed by atoms with Gasteiger partial charge in [-0.3, -0.25) is 4.79 Å². The summed E-state index contributed by atoms with van der Waals surface area (Å²) in [5.41, 5.74) is 1.14.